The molecule has 1 heterocycles. The first kappa shape index (κ1) is 22.9. The molecule has 0 saturated carbocycles. The zero-order chi connectivity index (χ0) is 21.4. The first-order chi connectivity index (χ1) is 13.8. The van der Waals surface area contributed by atoms with Gasteiger partial charge in [-0.25, -0.2) is 0 Å². The Labute approximate surface area is 173 Å². The van der Waals surface area contributed by atoms with Gasteiger partial charge < -0.3 is 16.0 Å². The minimum atomic E-state index is -0.429. The summed E-state index contributed by atoms with van der Waals surface area (Å²) in [4.78, 5) is 40.3. The van der Waals surface area contributed by atoms with Crippen LogP contribution >= 0.6 is 0 Å². The van der Waals surface area contributed by atoms with Gasteiger partial charge in [0.15, 0.2) is 0 Å². The number of amides is 3. The van der Waals surface area contributed by atoms with Crippen molar-refractivity contribution in [3.05, 3.63) is 30.3 Å². The van der Waals surface area contributed by atoms with Crippen molar-refractivity contribution < 1.29 is 14.4 Å². The number of nitrogens with one attached hydrogen (secondary N) is 1. The van der Waals surface area contributed by atoms with Gasteiger partial charge in [0.25, 0.3) is 0 Å². The Hall–Kier alpha value is -2.41. The van der Waals surface area contributed by atoms with E-state index in [1.165, 1.54) is 0 Å². The molecule has 3 N–H and O–H groups in total. The fourth-order valence-corrected chi connectivity index (χ4v) is 3.37. The fourth-order valence-electron chi connectivity index (χ4n) is 3.37. The number of para-hydroxylation sites is 1. The van der Waals surface area contributed by atoms with Crippen molar-refractivity contribution in [1.29, 1.82) is 0 Å². The van der Waals surface area contributed by atoms with Gasteiger partial charge >= 0.3 is 0 Å². The summed E-state index contributed by atoms with van der Waals surface area (Å²) in [6.07, 6.45) is 1.62. The number of nitrogens with zero attached hydrogens (tertiary/aromatic N) is 2. The van der Waals surface area contributed by atoms with Gasteiger partial charge in [-0.15, -0.1) is 0 Å². The molecule has 3 amide bonds. The SMILES string of the molecule is CC(C)C(C)NC(=O)C1CCN(CC(=O)N(CCC(N)=O)c2ccccc2)CC1. The van der Waals surface area contributed by atoms with Crippen LogP contribution in [0.5, 0.6) is 0 Å². The molecule has 0 radical (unpaired) electrons. The summed E-state index contributed by atoms with van der Waals surface area (Å²) in [5.74, 6) is 0.0307. The quantitative estimate of drug-likeness (QED) is 0.658. The molecular weight excluding hydrogens is 368 g/mol. The van der Waals surface area contributed by atoms with E-state index in [0.717, 1.165) is 18.5 Å². The van der Waals surface area contributed by atoms with Crippen molar-refractivity contribution in [1.82, 2.24) is 10.2 Å². The second-order valence-corrected chi connectivity index (χ2v) is 8.19. The minimum absolute atomic E-state index is 0.00244. The summed E-state index contributed by atoms with van der Waals surface area (Å²) in [7, 11) is 0. The highest BCUT2D eigenvalue weighted by molar-refractivity contribution is 5.95. The Bertz CT molecular complexity index is 685. The van der Waals surface area contributed by atoms with E-state index in [9.17, 15) is 14.4 Å². The normalized spacial score (nSPS) is 16.4. The number of hydrogen-bond acceptors (Lipinski definition) is 4. The number of hydrogen-bond donors (Lipinski definition) is 2. The molecule has 1 fully saturated rings. The third kappa shape index (κ3) is 7.16. The van der Waals surface area contributed by atoms with Crippen LogP contribution in [0.1, 0.15) is 40.0 Å². The van der Waals surface area contributed by atoms with Crippen LogP contribution in [0.3, 0.4) is 0 Å². The molecule has 1 saturated heterocycles. The lowest BCUT2D eigenvalue weighted by Gasteiger charge is -2.33. The molecule has 7 heteroatoms. The van der Waals surface area contributed by atoms with Gasteiger partial charge in [-0.3, -0.25) is 19.3 Å². The topological polar surface area (TPSA) is 95.7 Å². The molecule has 1 atom stereocenters. The number of carbonyl (C=O) groups excluding carboxylic acids is 3. The summed E-state index contributed by atoms with van der Waals surface area (Å²) in [5, 5.41) is 3.10. The lowest BCUT2D eigenvalue weighted by molar-refractivity contribution is -0.127. The van der Waals surface area contributed by atoms with Crippen LogP contribution in [0, 0.1) is 11.8 Å². The maximum atomic E-state index is 12.9. The molecule has 160 valence electrons. The Morgan fingerprint density at radius 1 is 1.14 bits per heavy atom. The highest BCUT2D eigenvalue weighted by Crippen LogP contribution is 2.19. The predicted octanol–water partition coefficient (Wildman–Crippen LogP) is 1.77. The molecule has 1 aliphatic rings. The van der Waals surface area contributed by atoms with Gasteiger partial charge in [-0.2, -0.15) is 0 Å². The standard InChI is InChI=1S/C22H34N4O3/c1-16(2)17(3)24-22(29)18-9-12-25(13-10-18)15-21(28)26(14-11-20(23)27)19-7-5-4-6-8-19/h4-8,16-18H,9-15H2,1-3H3,(H2,23,27)(H,24,29). The van der Waals surface area contributed by atoms with E-state index in [-0.39, 0.29) is 43.3 Å². The number of anilines is 1. The van der Waals surface area contributed by atoms with Gasteiger partial charge in [0.2, 0.25) is 17.7 Å². The number of piperidine rings is 1. The van der Waals surface area contributed by atoms with Crippen LogP contribution in [0.4, 0.5) is 5.69 Å². The molecule has 1 aromatic rings. The van der Waals surface area contributed by atoms with Gasteiger partial charge in [0, 0.05) is 30.6 Å². The third-order valence-corrected chi connectivity index (χ3v) is 5.64. The monoisotopic (exact) mass is 402 g/mol. The highest BCUT2D eigenvalue weighted by Gasteiger charge is 2.28. The molecule has 0 spiro atoms. The predicted molar refractivity (Wildman–Crippen MR) is 114 cm³/mol. The van der Waals surface area contributed by atoms with E-state index in [2.05, 4.69) is 24.1 Å². The lowest BCUT2D eigenvalue weighted by Crippen LogP contribution is -2.47. The molecular formula is C22H34N4O3. The van der Waals surface area contributed by atoms with Crippen molar-refractivity contribution in [2.24, 2.45) is 17.6 Å². The summed E-state index contributed by atoms with van der Waals surface area (Å²) < 4.78 is 0. The Morgan fingerprint density at radius 2 is 1.76 bits per heavy atom. The average Bonchev–Trinajstić information content (AvgIpc) is 2.69. The molecule has 7 nitrogen and oxygen atoms in total. The zero-order valence-electron chi connectivity index (χ0n) is 17.8. The van der Waals surface area contributed by atoms with Crippen molar-refractivity contribution in [3.63, 3.8) is 0 Å². The second-order valence-electron chi connectivity index (χ2n) is 8.19. The van der Waals surface area contributed by atoms with Gasteiger partial charge in [0.1, 0.15) is 0 Å². The summed E-state index contributed by atoms with van der Waals surface area (Å²) in [5.41, 5.74) is 6.03. The number of carbonyl (C=O) groups is 3. The maximum Gasteiger partial charge on any atom is 0.241 e. The largest absolute Gasteiger partial charge is 0.370 e. The fraction of sp³-hybridized carbons (Fsp3) is 0.591. The molecule has 0 aliphatic carbocycles. The molecule has 29 heavy (non-hydrogen) atoms. The zero-order valence-corrected chi connectivity index (χ0v) is 17.8. The Morgan fingerprint density at radius 3 is 2.31 bits per heavy atom. The Kier molecular flexibility index (Phi) is 8.64. The molecule has 1 aromatic carbocycles. The van der Waals surface area contributed by atoms with Crippen molar-refractivity contribution in [2.45, 2.75) is 46.1 Å². The number of rotatable bonds is 9. The first-order valence-corrected chi connectivity index (χ1v) is 10.4. The van der Waals surface area contributed by atoms with E-state index in [1.807, 2.05) is 37.3 Å². The number of primary amides is 1. The summed E-state index contributed by atoms with van der Waals surface area (Å²) in [6.45, 7) is 8.16. The molecule has 1 aliphatic heterocycles. The van der Waals surface area contributed by atoms with Crippen molar-refractivity contribution in [3.8, 4) is 0 Å². The lowest BCUT2D eigenvalue weighted by atomic mass is 9.95. The van der Waals surface area contributed by atoms with E-state index in [0.29, 0.717) is 19.0 Å². The van der Waals surface area contributed by atoms with Crippen LogP contribution in [0.15, 0.2) is 30.3 Å². The van der Waals surface area contributed by atoms with Crippen molar-refractivity contribution >= 4 is 23.4 Å². The van der Waals surface area contributed by atoms with E-state index < -0.39 is 5.91 Å². The maximum absolute atomic E-state index is 12.9. The van der Waals surface area contributed by atoms with Crippen LogP contribution in [0.2, 0.25) is 0 Å². The highest BCUT2D eigenvalue weighted by atomic mass is 16.2. The van der Waals surface area contributed by atoms with Gasteiger partial charge in [0.05, 0.1) is 6.54 Å². The number of likely N-dealkylation sites (tertiary alicyclic amines) is 1. The van der Waals surface area contributed by atoms with Crippen LogP contribution < -0.4 is 16.0 Å². The molecule has 0 bridgehead atoms. The Balaban J connectivity index is 1.89. The van der Waals surface area contributed by atoms with E-state index in [4.69, 9.17) is 5.73 Å². The first-order valence-electron chi connectivity index (χ1n) is 10.4. The summed E-state index contributed by atoms with van der Waals surface area (Å²) >= 11 is 0. The van der Waals surface area contributed by atoms with Crippen LogP contribution in [-0.4, -0.2) is 54.8 Å². The second kappa shape index (κ2) is 11.0. The minimum Gasteiger partial charge on any atom is -0.370 e. The van der Waals surface area contributed by atoms with E-state index in [1.54, 1.807) is 4.90 Å². The molecule has 1 unspecified atom stereocenters. The number of benzene rings is 1. The average molecular weight is 403 g/mol. The molecule has 2 rings (SSSR count). The van der Waals surface area contributed by atoms with Gasteiger partial charge in [-0.1, -0.05) is 32.0 Å². The van der Waals surface area contributed by atoms with Crippen LogP contribution in [-0.2, 0) is 14.4 Å². The van der Waals surface area contributed by atoms with E-state index >= 15 is 0 Å². The number of nitrogens with two attached hydrogens (primary N) is 1. The molecule has 0 aromatic heterocycles. The van der Waals surface area contributed by atoms with Gasteiger partial charge in [-0.05, 0) is 50.9 Å². The smallest absolute Gasteiger partial charge is 0.241 e. The summed E-state index contributed by atoms with van der Waals surface area (Å²) in [6, 6.07) is 9.48. The third-order valence-electron chi connectivity index (χ3n) is 5.64. The van der Waals surface area contributed by atoms with Crippen LogP contribution in [0.25, 0.3) is 0 Å². The van der Waals surface area contributed by atoms with Crippen molar-refractivity contribution in [2.75, 3.05) is 31.1 Å².